The number of hydrogen-bond acceptors (Lipinski definition) is 5. The summed E-state index contributed by atoms with van der Waals surface area (Å²) >= 11 is 0. The molecule has 144 valence electrons. The molecule has 1 saturated heterocycles. The molecular formula is C21H24N6O. The molecule has 3 heterocycles. The van der Waals surface area contributed by atoms with E-state index in [-0.39, 0.29) is 5.91 Å². The molecule has 1 fully saturated rings. The Hall–Kier alpha value is -3.11. The second-order valence-electron chi connectivity index (χ2n) is 7.14. The smallest absolute Gasteiger partial charge is 0.255 e. The van der Waals surface area contributed by atoms with Crippen LogP contribution in [0.1, 0.15) is 42.1 Å². The molecule has 2 aromatic heterocycles. The van der Waals surface area contributed by atoms with E-state index in [1.807, 2.05) is 13.0 Å². The summed E-state index contributed by atoms with van der Waals surface area (Å²) in [4.78, 5) is 20.7. The minimum atomic E-state index is -0.125. The molecule has 0 spiro atoms. The molecule has 1 aliphatic rings. The van der Waals surface area contributed by atoms with E-state index >= 15 is 0 Å². The van der Waals surface area contributed by atoms with Crippen molar-refractivity contribution in [1.82, 2.24) is 20.6 Å². The molecule has 0 radical (unpaired) electrons. The van der Waals surface area contributed by atoms with E-state index in [4.69, 9.17) is 5.26 Å². The van der Waals surface area contributed by atoms with Crippen LogP contribution in [0.4, 0.5) is 5.69 Å². The van der Waals surface area contributed by atoms with Gasteiger partial charge >= 0.3 is 0 Å². The average molecular weight is 376 g/mol. The molecule has 1 aromatic carbocycles. The van der Waals surface area contributed by atoms with Crippen LogP contribution in [-0.4, -0.2) is 41.6 Å². The Labute approximate surface area is 163 Å². The van der Waals surface area contributed by atoms with Gasteiger partial charge in [-0.1, -0.05) is 0 Å². The minimum absolute atomic E-state index is 0.125. The number of aromatic amines is 1. The average Bonchev–Trinajstić information content (AvgIpc) is 3.35. The van der Waals surface area contributed by atoms with Gasteiger partial charge in [0.05, 0.1) is 33.9 Å². The van der Waals surface area contributed by atoms with Crippen LogP contribution in [-0.2, 0) is 0 Å². The van der Waals surface area contributed by atoms with Gasteiger partial charge in [-0.05, 0) is 50.9 Å². The number of anilines is 1. The number of carbonyl (C=O) groups is 1. The molecule has 3 aromatic rings. The molecule has 1 unspecified atom stereocenters. The zero-order valence-corrected chi connectivity index (χ0v) is 15.9. The summed E-state index contributed by atoms with van der Waals surface area (Å²) < 4.78 is 0. The first-order valence-corrected chi connectivity index (χ1v) is 9.81. The molecular weight excluding hydrogens is 352 g/mol. The molecule has 1 amide bonds. The van der Waals surface area contributed by atoms with Gasteiger partial charge in [0.25, 0.3) is 5.91 Å². The summed E-state index contributed by atoms with van der Waals surface area (Å²) in [6.45, 7) is 4.39. The van der Waals surface area contributed by atoms with Crippen molar-refractivity contribution in [3.63, 3.8) is 0 Å². The number of benzene rings is 1. The van der Waals surface area contributed by atoms with E-state index < -0.39 is 0 Å². The number of amides is 1. The Morgan fingerprint density at radius 3 is 3.07 bits per heavy atom. The lowest BCUT2D eigenvalue weighted by atomic mass is 10.1. The van der Waals surface area contributed by atoms with Gasteiger partial charge in [0.1, 0.15) is 0 Å². The summed E-state index contributed by atoms with van der Waals surface area (Å²) in [7, 11) is 0. The molecule has 4 N–H and O–H groups in total. The van der Waals surface area contributed by atoms with E-state index in [9.17, 15) is 4.79 Å². The summed E-state index contributed by atoms with van der Waals surface area (Å²) in [5.74, 6) is -0.125. The number of nitrogens with zero attached hydrogens (tertiary/aromatic N) is 2. The molecule has 1 aliphatic heterocycles. The van der Waals surface area contributed by atoms with Crippen LogP contribution in [0, 0.1) is 11.3 Å². The number of aromatic nitrogens is 2. The highest BCUT2D eigenvalue weighted by Gasteiger charge is 2.19. The summed E-state index contributed by atoms with van der Waals surface area (Å²) in [5, 5.41) is 19.9. The third kappa shape index (κ3) is 3.39. The van der Waals surface area contributed by atoms with Gasteiger partial charge in [0.15, 0.2) is 0 Å². The number of nitriles is 1. The van der Waals surface area contributed by atoms with E-state index in [1.165, 1.54) is 12.8 Å². The summed E-state index contributed by atoms with van der Waals surface area (Å²) in [6, 6.07) is 8.13. The SMILES string of the molecule is CCNc1c(C(=O)NCCC2CCCN2)cnc2c1[nH]c1cc(C#N)ccc12. The van der Waals surface area contributed by atoms with Crippen LogP contribution in [0.3, 0.4) is 0 Å². The Balaban J connectivity index is 1.65. The summed E-state index contributed by atoms with van der Waals surface area (Å²) in [5.41, 5.74) is 4.28. The Morgan fingerprint density at radius 2 is 2.32 bits per heavy atom. The van der Waals surface area contributed by atoms with Gasteiger partial charge in [0, 0.05) is 36.2 Å². The van der Waals surface area contributed by atoms with Crippen molar-refractivity contribution in [2.75, 3.05) is 25.0 Å². The third-order valence-corrected chi connectivity index (χ3v) is 5.28. The van der Waals surface area contributed by atoms with E-state index in [0.717, 1.165) is 40.6 Å². The Bertz CT molecular complexity index is 1060. The second kappa shape index (κ2) is 7.87. The van der Waals surface area contributed by atoms with E-state index in [2.05, 4.69) is 32.0 Å². The van der Waals surface area contributed by atoms with Gasteiger partial charge in [-0.3, -0.25) is 9.78 Å². The van der Waals surface area contributed by atoms with Crippen molar-refractivity contribution in [3.05, 3.63) is 35.5 Å². The molecule has 0 saturated carbocycles. The molecule has 7 heteroatoms. The van der Waals surface area contributed by atoms with Crippen molar-refractivity contribution in [1.29, 1.82) is 5.26 Å². The van der Waals surface area contributed by atoms with Crippen LogP contribution in [0.15, 0.2) is 24.4 Å². The predicted octanol–water partition coefficient (Wildman–Crippen LogP) is 2.89. The maximum Gasteiger partial charge on any atom is 0.255 e. The zero-order chi connectivity index (χ0) is 19.5. The number of fused-ring (bicyclic) bond motifs is 3. The first kappa shape index (κ1) is 18.3. The fourth-order valence-corrected chi connectivity index (χ4v) is 3.89. The van der Waals surface area contributed by atoms with Crippen molar-refractivity contribution in [2.24, 2.45) is 0 Å². The van der Waals surface area contributed by atoms with Gasteiger partial charge in [0.2, 0.25) is 0 Å². The van der Waals surface area contributed by atoms with Crippen LogP contribution >= 0.6 is 0 Å². The Morgan fingerprint density at radius 1 is 1.43 bits per heavy atom. The molecule has 4 rings (SSSR count). The maximum absolute atomic E-state index is 12.8. The van der Waals surface area contributed by atoms with Crippen molar-refractivity contribution >= 4 is 33.5 Å². The maximum atomic E-state index is 12.8. The lowest BCUT2D eigenvalue weighted by molar-refractivity contribution is 0.0953. The fraction of sp³-hybridized carbons (Fsp3) is 0.381. The van der Waals surface area contributed by atoms with Crippen molar-refractivity contribution < 1.29 is 4.79 Å². The topological polar surface area (TPSA) is 106 Å². The van der Waals surface area contributed by atoms with Crippen LogP contribution in [0.25, 0.3) is 21.9 Å². The molecule has 0 aliphatic carbocycles. The molecule has 1 atom stereocenters. The lowest BCUT2D eigenvalue weighted by Gasteiger charge is -2.13. The fourth-order valence-electron chi connectivity index (χ4n) is 3.89. The van der Waals surface area contributed by atoms with Crippen molar-refractivity contribution in [2.45, 2.75) is 32.2 Å². The first-order valence-electron chi connectivity index (χ1n) is 9.81. The van der Waals surface area contributed by atoms with Crippen LogP contribution in [0.5, 0.6) is 0 Å². The minimum Gasteiger partial charge on any atom is -0.383 e. The third-order valence-electron chi connectivity index (χ3n) is 5.28. The number of nitrogens with one attached hydrogen (secondary N) is 4. The van der Waals surface area contributed by atoms with Crippen molar-refractivity contribution in [3.8, 4) is 6.07 Å². The number of H-pyrrole nitrogens is 1. The van der Waals surface area contributed by atoms with Gasteiger partial charge in [-0.25, -0.2) is 0 Å². The van der Waals surface area contributed by atoms with Crippen LogP contribution < -0.4 is 16.0 Å². The van der Waals surface area contributed by atoms with Gasteiger partial charge < -0.3 is 20.9 Å². The number of carbonyl (C=O) groups excluding carboxylic acids is 1. The zero-order valence-electron chi connectivity index (χ0n) is 15.9. The highest BCUT2D eigenvalue weighted by molar-refractivity contribution is 6.13. The number of pyridine rings is 1. The quantitative estimate of drug-likeness (QED) is 0.529. The van der Waals surface area contributed by atoms with Gasteiger partial charge in [-0.15, -0.1) is 0 Å². The lowest BCUT2D eigenvalue weighted by Crippen LogP contribution is -2.31. The monoisotopic (exact) mass is 376 g/mol. The molecule has 7 nitrogen and oxygen atoms in total. The second-order valence-corrected chi connectivity index (χ2v) is 7.14. The highest BCUT2D eigenvalue weighted by atomic mass is 16.1. The standard InChI is InChI=1S/C21H24N6O/c1-2-23-19-16(21(28)25-9-7-14-4-3-8-24-14)12-26-18-15-6-5-13(11-22)10-17(15)27-20(18)19/h5-6,10,12,14,24,27H,2-4,7-9H2,1H3,(H,23,26)(H,25,28). The normalized spacial score (nSPS) is 16.4. The predicted molar refractivity (Wildman–Crippen MR) is 110 cm³/mol. The first-order chi connectivity index (χ1) is 13.7. The number of hydrogen-bond donors (Lipinski definition) is 4. The van der Waals surface area contributed by atoms with Crippen LogP contribution in [0.2, 0.25) is 0 Å². The van der Waals surface area contributed by atoms with E-state index in [1.54, 1.807) is 18.3 Å². The largest absolute Gasteiger partial charge is 0.383 e. The summed E-state index contributed by atoms with van der Waals surface area (Å²) in [6.07, 6.45) is 4.94. The van der Waals surface area contributed by atoms with Gasteiger partial charge in [-0.2, -0.15) is 5.26 Å². The molecule has 28 heavy (non-hydrogen) atoms. The highest BCUT2D eigenvalue weighted by Crippen LogP contribution is 2.31. The number of rotatable bonds is 6. The molecule has 0 bridgehead atoms. The van der Waals surface area contributed by atoms with E-state index in [0.29, 0.717) is 30.3 Å². The Kier molecular flexibility index (Phi) is 5.13.